The Hall–Kier alpha value is -8.28. The highest BCUT2D eigenvalue weighted by atomic mass is 16.3. The molecule has 0 aliphatic rings. The smallest absolute Gasteiger partial charge is 0.162 e. The van der Waals surface area contributed by atoms with Crippen LogP contribution in [-0.4, -0.2) is 14.5 Å². The van der Waals surface area contributed by atoms with Gasteiger partial charge in [0, 0.05) is 60.6 Å². The van der Waals surface area contributed by atoms with Gasteiger partial charge in [-0.3, -0.25) is 4.57 Å². The van der Waals surface area contributed by atoms with E-state index in [0.29, 0.717) is 5.82 Å². The highest BCUT2D eigenvalue weighted by molar-refractivity contribution is 6.17. The fraction of sp³-hybridized carbons (Fsp3) is 0. The molecule has 61 heavy (non-hydrogen) atoms. The topological polar surface area (TPSA) is 57.0 Å². The molecule has 0 aliphatic carbocycles. The van der Waals surface area contributed by atoms with Crippen molar-refractivity contribution in [1.82, 2.24) is 14.5 Å². The highest BCUT2D eigenvalue weighted by Gasteiger charge is 2.21. The third-order valence-corrected chi connectivity index (χ3v) is 12.2. The van der Waals surface area contributed by atoms with E-state index in [9.17, 15) is 0 Å². The van der Waals surface area contributed by atoms with Crippen molar-refractivity contribution in [2.45, 2.75) is 0 Å². The second kappa shape index (κ2) is 13.1. The molecule has 0 amide bonds. The molecule has 4 heterocycles. The quantitative estimate of drug-likeness (QED) is 0.175. The lowest BCUT2D eigenvalue weighted by molar-refractivity contribution is 0.669. The van der Waals surface area contributed by atoms with Gasteiger partial charge in [-0.25, -0.2) is 9.97 Å². The van der Waals surface area contributed by atoms with Crippen LogP contribution in [0.5, 0.6) is 0 Å². The molecule has 0 atom stereocenters. The van der Waals surface area contributed by atoms with Crippen molar-refractivity contribution in [3.05, 3.63) is 200 Å². The van der Waals surface area contributed by atoms with Gasteiger partial charge in [0.1, 0.15) is 28.1 Å². The van der Waals surface area contributed by atoms with E-state index in [-0.39, 0.29) is 0 Å². The zero-order valence-electron chi connectivity index (χ0n) is 32.7. The molecule has 0 unspecified atom stereocenters. The van der Waals surface area contributed by atoms with Crippen LogP contribution in [0.25, 0.3) is 127 Å². The first kappa shape index (κ1) is 33.7. The van der Waals surface area contributed by atoms with Crippen molar-refractivity contribution in [2.75, 3.05) is 0 Å². The SMILES string of the molecule is c1ccc(-c2nc(-c3ccc4c(c3)oc3ccccc34)cc(-n3c4cc5ccccc5cc4c4cccc(-c5cccc(-c6cccc7c6oc6ccccc67)c5)c43)n2)cc1. The van der Waals surface area contributed by atoms with E-state index in [1.54, 1.807) is 0 Å². The van der Waals surface area contributed by atoms with E-state index in [4.69, 9.17) is 18.8 Å². The largest absolute Gasteiger partial charge is 0.456 e. The maximum atomic E-state index is 6.52. The minimum Gasteiger partial charge on any atom is -0.456 e. The van der Waals surface area contributed by atoms with Crippen LogP contribution < -0.4 is 0 Å². The highest BCUT2D eigenvalue weighted by Crippen LogP contribution is 2.43. The van der Waals surface area contributed by atoms with Crippen LogP contribution in [0.2, 0.25) is 0 Å². The van der Waals surface area contributed by atoms with Crippen molar-refractivity contribution in [2.24, 2.45) is 0 Å². The number of nitrogens with zero attached hydrogens (tertiary/aromatic N) is 3. The number of para-hydroxylation sites is 4. The minimum absolute atomic E-state index is 0.645. The van der Waals surface area contributed by atoms with E-state index in [2.05, 4.69) is 162 Å². The average molecular weight is 780 g/mol. The van der Waals surface area contributed by atoms with E-state index < -0.39 is 0 Å². The van der Waals surface area contributed by atoms with Crippen molar-refractivity contribution < 1.29 is 8.83 Å². The minimum atomic E-state index is 0.645. The Morgan fingerprint density at radius 3 is 1.82 bits per heavy atom. The van der Waals surface area contributed by atoms with Gasteiger partial charge < -0.3 is 8.83 Å². The van der Waals surface area contributed by atoms with Crippen LogP contribution in [0.15, 0.2) is 209 Å². The number of fused-ring (bicyclic) bond motifs is 10. The van der Waals surface area contributed by atoms with E-state index >= 15 is 0 Å². The standard InChI is InChI=1S/C56H33N3O2/c1-2-13-34(14-3-1)56-57-48(39-27-28-44-42-19-6-8-25-50(42)60-52(44)32-39)33-53(58-56)59-49-31-36-16-5-4-15-35(36)30-47(49)45-23-11-21-40(54(45)59)37-17-10-18-38(29-37)41-22-12-24-46-43-20-7-9-26-51(43)61-55(41)46/h1-33H. The summed E-state index contributed by atoms with van der Waals surface area (Å²) in [6, 6.07) is 70.3. The average Bonchev–Trinajstić information content (AvgIpc) is 4.00. The molecule has 5 nitrogen and oxygen atoms in total. The van der Waals surface area contributed by atoms with Crippen molar-refractivity contribution in [1.29, 1.82) is 0 Å². The molecule has 0 radical (unpaired) electrons. The predicted molar refractivity (Wildman–Crippen MR) is 250 cm³/mol. The molecule has 13 aromatic rings. The molecule has 4 aromatic heterocycles. The summed E-state index contributed by atoms with van der Waals surface area (Å²) < 4.78 is 15.2. The van der Waals surface area contributed by atoms with Crippen LogP contribution >= 0.6 is 0 Å². The molecule has 0 bridgehead atoms. The third kappa shape index (κ3) is 5.27. The van der Waals surface area contributed by atoms with Crippen molar-refractivity contribution in [3.8, 4) is 50.7 Å². The summed E-state index contributed by atoms with van der Waals surface area (Å²) in [4.78, 5) is 10.7. The Morgan fingerprint density at radius 2 is 0.984 bits per heavy atom. The van der Waals surface area contributed by atoms with Crippen molar-refractivity contribution >= 4 is 76.5 Å². The lowest BCUT2D eigenvalue weighted by atomic mass is 9.96. The van der Waals surface area contributed by atoms with Gasteiger partial charge in [-0.15, -0.1) is 0 Å². The molecular formula is C56H33N3O2. The molecule has 0 saturated heterocycles. The fourth-order valence-electron chi connectivity index (χ4n) is 9.35. The predicted octanol–water partition coefficient (Wildman–Crippen LogP) is 15.2. The van der Waals surface area contributed by atoms with Gasteiger partial charge in [0.05, 0.1) is 16.7 Å². The molecule has 0 aliphatic heterocycles. The summed E-state index contributed by atoms with van der Waals surface area (Å²) in [5.41, 5.74) is 12.6. The molecule has 0 fully saturated rings. The molecule has 0 saturated carbocycles. The number of hydrogen-bond donors (Lipinski definition) is 0. The number of benzene rings is 9. The van der Waals surface area contributed by atoms with E-state index in [0.717, 1.165) is 116 Å². The maximum absolute atomic E-state index is 6.52. The first-order chi connectivity index (χ1) is 30.2. The number of rotatable bonds is 5. The van der Waals surface area contributed by atoms with Gasteiger partial charge in [-0.1, -0.05) is 152 Å². The monoisotopic (exact) mass is 779 g/mol. The van der Waals surface area contributed by atoms with Gasteiger partial charge in [0.15, 0.2) is 5.82 Å². The summed E-state index contributed by atoms with van der Waals surface area (Å²) >= 11 is 0. The molecule has 5 heteroatoms. The normalized spacial score (nSPS) is 11.9. The third-order valence-electron chi connectivity index (χ3n) is 12.2. The van der Waals surface area contributed by atoms with E-state index in [1.807, 2.05) is 42.5 Å². The van der Waals surface area contributed by atoms with Gasteiger partial charge in [0.2, 0.25) is 0 Å². The summed E-state index contributed by atoms with van der Waals surface area (Å²) in [5.74, 6) is 1.42. The first-order valence-electron chi connectivity index (χ1n) is 20.6. The van der Waals surface area contributed by atoms with Gasteiger partial charge in [-0.2, -0.15) is 0 Å². The second-order valence-corrected chi connectivity index (χ2v) is 15.7. The Kier molecular flexibility index (Phi) is 7.24. The summed E-state index contributed by atoms with van der Waals surface area (Å²) in [5, 5.41) is 9.06. The Balaban J connectivity index is 1.08. The summed E-state index contributed by atoms with van der Waals surface area (Å²) in [6.07, 6.45) is 0. The van der Waals surface area contributed by atoms with Crippen LogP contribution in [0, 0.1) is 0 Å². The molecule has 0 spiro atoms. The van der Waals surface area contributed by atoms with Crippen LogP contribution in [0.4, 0.5) is 0 Å². The Morgan fingerprint density at radius 1 is 0.361 bits per heavy atom. The molecule has 0 N–H and O–H groups in total. The number of hydrogen-bond acceptors (Lipinski definition) is 4. The molecule has 9 aromatic carbocycles. The summed E-state index contributed by atoms with van der Waals surface area (Å²) in [6.45, 7) is 0. The van der Waals surface area contributed by atoms with Crippen LogP contribution in [-0.2, 0) is 0 Å². The second-order valence-electron chi connectivity index (χ2n) is 15.7. The Bertz CT molecular complexity index is 3890. The number of furan rings is 2. The zero-order chi connectivity index (χ0) is 40.0. The van der Waals surface area contributed by atoms with E-state index in [1.165, 1.54) is 5.39 Å². The first-order valence-corrected chi connectivity index (χ1v) is 20.6. The maximum Gasteiger partial charge on any atom is 0.162 e. The lowest BCUT2D eigenvalue weighted by Crippen LogP contribution is -2.03. The Labute approximate surface area is 349 Å². The zero-order valence-corrected chi connectivity index (χ0v) is 32.7. The van der Waals surface area contributed by atoms with Gasteiger partial charge >= 0.3 is 0 Å². The number of aromatic nitrogens is 3. The molecule has 13 rings (SSSR count). The van der Waals surface area contributed by atoms with Gasteiger partial charge in [0.25, 0.3) is 0 Å². The van der Waals surface area contributed by atoms with Gasteiger partial charge in [-0.05, 0) is 64.4 Å². The molecular weight excluding hydrogens is 747 g/mol. The lowest BCUT2D eigenvalue weighted by Gasteiger charge is -2.15. The summed E-state index contributed by atoms with van der Waals surface area (Å²) in [7, 11) is 0. The molecule has 284 valence electrons. The van der Waals surface area contributed by atoms with Crippen LogP contribution in [0.1, 0.15) is 0 Å². The fourth-order valence-corrected chi connectivity index (χ4v) is 9.35. The van der Waals surface area contributed by atoms with Crippen molar-refractivity contribution in [3.63, 3.8) is 0 Å². The van der Waals surface area contributed by atoms with Crippen LogP contribution in [0.3, 0.4) is 0 Å².